The van der Waals surface area contributed by atoms with Gasteiger partial charge in [-0.05, 0) is 36.8 Å². The molecule has 2 aromatic rings. The molecular weight excluding hydrogens is 288 g/mol. The lowest BCUT2D eigenvalue weighted by Gasteiger charge is -2.28. The van der Waals surface area contributed by atoms with E-state index in [1.54, 1.807) is 0 Å². The summed E-state index contributed by atoms with van der Waals surface area (Å²) in [5.74, 6) is -0.0464. The molecule has 4 nitrogen and oxygen atoms in total. The summed E-state index contributed by atoms with van der Waals surface area (Å²) >= 11 is 0. The number of carbonyl (C=O) groups excluding carboxylic acids is 1. The highest BCUT2D eigenvalue weighted by molar-refractivity contribution is 5.94. The molecule has 1 aliphatic rings. The third-order valence-corrected chi connectivity index (χ3v) is 4.15. The number of hydrogen-bond donors (Lipinski definition) is 1. The van der Waals surface area contributed by atoms with Gasteiger partial charge < -0.3 is 15.0 Å². The van der Waals surface area contributed by atoms with Crippen LogP contribution in [0.15, 0.2) is 54.6 Å². The first-order chi connectivity index (χ1) is 11.2. The summed E-state index contributed by atoms with van der Waals surface area (Å²) in [5, 5.41) is 3.04. The summed E-state index contributed by atoms with van der Waals surface area (Å²) in [6, 6.07) is 17.8. The first-order valence-corrected chi connectivity index (χ1v) is 8.02. The summed E-state index contributed by atoms with van der Waals surface area (Å²) in [4.78, 5) is 14.6. The molecule has 4 heteroatoms. The number of nitrogens with one attached hydrogen (secondary N) is 1. The van der Waals surface area contributed by atoms with Gasteiger partial charge in [-0.3, -0.25) is 4.79 Å². The van der Waals surface area contributed by atoms with Crippen LogP contribution in [-0.2, 0) is 4.74 Å². The fourth-order valence-corrected chi connectivity index (χ4v) is 2.75. The Labute approximate surface area is 137 Å². The maximum atomic E-state index is 12.4. The van der Waals surface area contributed by atoms with Crippen LogP contribution in [0, 0.1) is 0 Å². The predicted molar refractivity (Wildman–Crippen MR) is 91.8 cm³/mol. The monoisotopic (exact) mass is 310 g/mol. The summed E-state index contributed by atoms with van der Waals surface area (Å²) in [6.45, 7) is 5.32. The maximum absolute atomic E-state index is 12.4. The summed E-state index contributed by atoms with van der Waals surface area (Å²) in [7, 11) is 0. The number of anilines is 1. The zero-order valence-corrected chi connectivity index (χ0v) is 13.4. The molecule has 1 fully saturated rings. The van der Waals surface area contributed by atoms with Gasteiger partial charge in [0.2, 0.25) is 0 Å². The van der Waals surface area contributed by atoms with Crippen LogP contribution < -0.4 is 10.2 Å². The van der Waals surface area contributed by atoms with Gasteiger partial charge in [0.15, 0.2) is 0 Å². The Kier molecular flexibility index (Phi) is 4.93. The number of amides is 1. The fourth-order valence-electron chi connectivity index (χ4n) is 2.75. The molecule has 1 N–H and O–H groups in total. The van der Waals surface area contributed by atoms with Crippen molar-refractivity contribution in [2.24, 2.45) is 0 Å². The van der Waals surface area contributed by atoms with Crippen LogP contribution in [0.25, 0.3) is 0 Å². The van der Waals surface area contributed by atoms with Gasteiger partial charge in [-0.25, -0.2) is 0 Å². The van der Waals surface area contributed by atoms with Crippen LogP contribution in [0.2, 0.25) is 0 Å². The lowest BCUT2D eigenvalue weighted by Crippen LogP contribution is -2.36. The third kappa shape index (κ3) is 3.90. The number of nitrogens with zero attached hydrogens (tertiary/aromatic N) is 1. The van der Waals surface area contributed by atoms with Crippen LogP contribution in [0.5, 0.6) is 0 Å². The smallest absolute Gasteiger partial charge is 0.251 e. The van der Waals surface area contributed by atoms with Gasteiger partial charge in [-0.15, -0.1) is 0 Å². The van der Waals surface area contributed by atoms with E-state index >= 15 is 0 Å². The van der Waals surface area contributed by atoms with Crippen LogP contribution in [0.1, 0.15) is 28.9 Å². The summed E-state index contributed by atoms with van der Waals surface area (Å²) in [5.41, 5.74) is 2.93. The van der Waals surface area contributed by atoms with E-state index in [1.165, 1.54) is 0 Å². The Morgan fingerprint density at radius 3 is 2.35 bits per heavy atom. The van der Waals surface area contributed by atoms with Gasteiger partial charge in [0.25, 0.3) is 5.91 Å². The van der Waals surface area contributed by atoms with E-state index in [-0.39, 0.29) is 11.9 Å². The SMILES string of the molecule is C[C@@H](NC(=O)c1ccc(N2CCOCC2)cc1)c1ccccc1. The number of hydrogen-bond acceptors (Lipinski definition) is 3. The van der Waals surface area contributed by atoms with E-state index in [1.807, 2.05) is 61.5 Å². The molecule has 1 heterocycles. The average molecular weight is 310 g/mol. The van der Waals surface area contributed by atoms with Crippen LogP contribution in [0.4, 0.5) is 5.69 Å². The van der Waals surface area contributed by atoms with E-state index in [0.717, 1.165) is 37.6 Å². The molecule has 120 valence electrons. The summed E-state index contributed by atoms with van der Waals surface area (Å²) < 4.78 is 5.36. The topological polar surface area (TPSA) is 41.6 Å². The number of rotatable bonds is 4. The molecule has 0 radical (unpaired) electrons. The quantitative estimate of drug-likeness (QED) is 0.944. The molecule has 2 aromatic carbocycles. The van der Waals surface area contributed by atoms with Crippen LogP contribution in [0.3, 0.4) is 0 Å². The molecule has 0 aliphatic carbocycles. The van der Waals surface area contributed by atoms with Gasteiger partial charge in [0, 0.05) is 24.3 Å². The maximum Gasteiger partial charge on any atom is 0.251 e. The number of benzene rings is 2. The van der Waals surface area contributed by atoms with Gasteiger partial charge in [-0.1, -0.05) is 30.3 Å². The van der Waals surface area contributed by atoms with E-state index < -0.39 is 0 Å². The Hall–Kier alpha value is -2.33. The van der Waals surface area contributed by atoms with Gasteiger partial charge >= 0.3 is 0 Å². The number of carbonyl (C=O) groups is 1. The first kappa shape index (κ1) is 15.6. The molecule has 1 atom stereocenters. The predicted octanol–water partition coefficient (Wildman–Crippen LogP) is 3.01. The highest BCUT2D eigenvalue weighted by Gasteiger charge is 2.14. The Bertz CT molecular complexity index is 634. The zero-order valence-electron chi connectivity index (χ0n) is 13.4. The molecule has 1 saturated heterocycles. The molecule has 0 saturated carbocycles. The van der Waals surface area contributed by atoms with Crippen molar-refractivity contribution in [1.82, 2.24) is 5.32 Å². The molecule has 3 rings (SSSR count). The lowest BCUT2D eigenvalue weighted by atomic mass is 10.1. The Morgan fingerprint density at radius 2 is 1.70 bits per heavy atom. The van der Waals surface area contributed by atoms with Crippen molar-refractivity contribution in [3.63, 3.8) is 0 Å². The van der Waals surface area contributed by atoms with Crippen molar-refractivity contribution in [2.45, 2.75) is 13.0 Å². The van der Waals surface area contributed by atoms with Crippen molar-refractivity contribution in [3.05, 3.63) is 65.7 Å². The standard InChI is InChI=1S/C19H22N2O2/c1-15(16-5-3-2-4-6-16)20-19(22)17-7-9-18(10-8-17)21-11-13-23-14-12-21/h2-10,15H,11-14H2,1H3,(H,20,22)/t15-/m1/s1. The minimum absolute atomic E-state index is 0.0115. The van der Waals surface area contributed by atoms with E-state index in [2.05, 4.69) is 10.2 Å². The molecule has 0 unspecified atom stereocenters. The first-order valence-electron chi connectivity index (χ1n) is 8.02. The van der Waals surface area contributed by atoms with E-state index in [9.17, 15) is 4.79 Å². The molecule has 1 aliphatic heterocycles. The largest absolute Gasteiger partial charge is 0.378 e. The molecular formula is C19H22N2O2. The second-order valence-corrected chi connectivity index (χ2v) is 5.75. The van der Waals surface area contributed by atoms with Crippen molar-refractivity contribution >= 4 is 11.6 Å². The van der Waals surface area contributed by atoms with Crippen LogP contribution >= 0.6 is 0 Å². The number of ether oxygens (including phenoxy) is 1. The minimum atomic E-state index is -0.0464. The Morgan fingerprint density at radius 1 is 1.04 bits per heavy atom. The van der Waals surface area contributed by atoms with Crippen molar-refractivity contribution in [3.8, 4) is 0 Å². The molecule has 0 aromatic heterocycles. The second kappa shape index (κ2) is 7.29. The highest BCUT2D eigenvalue weighted by Crippen LogP contribution is 2.18. The molecule has 1 amide bonds. The lowest BCUT2D eigenvalue weighted by molar-refractivity contribution is 0.0940. The third-order valence-electron chi connectivity index (χ3n) is 4.15. The van der Waals surface area contributed by atoms with Gasteiger partial charge in [0.05, 0.1) is 19.3 Å². The minimum Gasteiger partial charge on any atom is -0.378 e. The Balaban J connectivity index is 1.63. The van der Waals surface area contributed by atoms with Crippen LogP contribution in [-0.4, -0.2) is 32.2 Å². The van der Waals surface area contributed by atoms with Crippen molar-refractivity contribution < 1.29 is 9.53 Å². The fraction of sp³-hybridized carbons (Fsp3) is 0.316. The van der Waals surface area contributed by atoms with Gasteiger partial charge in [-0.2, -0.15) is 0 Å². The highest BCUT2D eigenvalue weighted by atomic mass is 16.5. The summed E-state index contributed by atoms with van der Waals surface area (Å²) in [6.07, 6.45) is 0. The number of morpholine rings is 1. The molecule has 0 spiro atoms. The molecule has 23 heavy (non-hydrogen) atoms. The van der Waals surface area contributed by atoms with E-state index in [4.69, 9.17) is 4.74 Å². The average Bonchev–Trinajstić information content (AvgIpc) is 2.63. The second-order valence-electron chi connectivity index (χ2n) is 5.75. The van der Waals surface area contributed by atoms with E-state index in [0.29, 0.717) is 5.56 Å². The van der Waals surface area contributed by atoms with Crippen molar-refractivity contribution in [2.75, 3.05) is 31.2 Å². The zero-order chi connectivity index (χ0) is 16.1. The van der Waals surface area contributed by atoms with Crippen molar-refractivity contribution in [1.29, 1.82) is 0 Å². The molecule has 0 bridgehead atoms. The normalized spacial score (nSPS) is 16.0. The van der Waals surface area contributed by atoms with Gasteiger partial charge in [0.1, 0.15) is 0 Å².